The van der Waals surface area contributed by atoms with Gasteiger partial charge in [0.05, 0.1) is 13.2 Å². The van der Waals surface area contributed by atoms with E-state index in [1.165, 1.54) is 18.2 Å². The molecule has 0 fully saturated rings. The van der Waals surface area contributed by atoms with Crippen molar-refractivity contribution >= 4 is 39.7 Å². The molecule has 4 rings (SSSR count). The Morgan fingerprint density at radius 2 is 1.62 bits per heavy atom. The molecule has 7 heteroatoms. The third-order valence-corrected chi connectivity index (χ3v) is 5.90. The van der Waals surface area contributed by atoms with Crippen molar-refractivity contribution in [2.45, 2.75) is 24.6 Å². The van der Waals surface area contributed by atoms with Gasteiger partial charge in [-0.1, -0.05) is 59.6 Å². The highest BCUT2D eigenvalue weighted by molar-refractivity contribution is 6.34. The Kier molecular flexibility index (Phi) is 5.09. The van der Waals surface area contributed by atoms with Crippen LogP contribution in [0.5, 0.6) is 0 Å². The van der Waals surface area contributed by atoms with Crippen LogP contribution in [-0.2, 0) is 12.0 Å². The Bertz CT molecular complexity index is 1110. The molecule has 1 heterocycles. The largest absolute Gasteiger partial charge is 0.400 e. The Morgan fingerprint density at radius 1 is 0.966 bits per heavy atom. The van der Waals surface area contributed by atoms with Crippen LogP contribution in [0.4, 0.5) is 13.2 Å². The van der Waals surface area contributed by atoms with E-state index in [4.69, 9.17) is 23.2 Å². The Balaban J connectivity index is 1.83. The minimum Gasteiger partial charge on any atom is -0.392 e. The minimum absolute atomic E-state index is 0.0116. The van der Waals surface area contributed by atoms with Crippen LogP contribution in [-0.4, -0.2) is 23.5 Å². The van der Waals surface area contributed by atoms with Gasteiger partial charge >= 0.3 is 6.18 Å². The number of hydrogen-bond donors (Lipinski definition) is 1. The fourth-order valence-electron chi connectivity index (χ4n) is 3.94. The van der Waals surface area contributed by atoms with E-state index in [-0.39, 0.29) is 28.6 Å². The summed E-state index contributed by atoms with van der Waals surface area (Å²) in [6.07, 6.45) is -4.84. The predicted molar refractivity (Wildman–Crippen MR) is 110 cm³/mol. The van der Waals surface area contributed by atoms with Crippen molar-refractivity contribution in [1.29, 1.82) is 0 Å². The highest BCUT2D eigenvalue weighted by Gasteiger charge is 2.58. The van der Waals surface area contributed by atoms with Crippen molar-refractivity contribution in [1.82, 2.24) is 0 Å². The number of fused-ring (bicyclic) bond motifs is 1. The van der Waals surface area contributed by atoms with Crippen molar-refractivity contribution < 1.29 is 18.3 Å². The smallest absolute Gasteiger partial charge is 0.392 e. The van der Waals surface area contributed by atoms with Crippen molar-refractivity contribution in [3.05, 3.63) is 81.3 Å². The molecule has 1 aliphatic rings. The van der Waals surface area contributed by atoms with E-state index in [2.05, 4.69) is 4.99 Å². The molecule has 0 saturated heterocycles. The van der Waals surface area contributed by atoms with E-state index in [1.54, 1.807) is 12.1 Å². The second-order valence-electron chi connectivity index (χ2n) is 7.15. The number of hydrogen-bond acceptors (Lipinski definition) is 2. The zero-order chi connectivity index (χ0) is 20.8. The first-order chi connectivity index (χ1) is 13.7. The van der Waals surface area contributed by atoms with Crippen molar-refractivity contribution in [2.75, 3.05) is 6.54 Å². The number of aliphatic hydroxyl groups excluding tert-OH is 1. The molecule has 0 bridgehead atoms. The number of aliphatic imine (C=N–C) groups is 1. The van der Waals surface area contributed by atoms with Gasteiger partial charge in [0.25, 0.3) is 0 Å². The molecule has 29 heavy (non-hydrogen) atoms. The number of benzene rings is 3. The average Bonchev–Trinajstić information content (AvgIpc) is 3.13. The number of aliphatic hydroxyl groups is 1. The molecule has 1 aliphatic heterocycles. The van der Waals surface area contributed by atoms with Crippen LogP contribution in [0.25, 0.3) is 10.8 Å². The molecule has 3 aromatic carbocycles. The molecule has 3 aromatic rings. The zero-order valence-corrected chi connectivity index (χ0v) is 16.6. The van der Waals surface area contributed by atoms with Gasteiger partial charge < -0.3 is 5.11 Å². The lowest BCUT2D eigenvalue weighted by Crippen LogP contribution is -2.43. The Morgan fingerprint density at radius 3 is 2.24 bits per heavy atom. The van der Waals surface area contributed by atoms with Gasteiger partial charge in [-0.05, 0) is 40.1 Å². The number of rotatable bonds is 3. The molecule has 0 spiro atoms. The summed E-state index contributed by atoms with van der Waals surface area (Å²) in [6.45, 7) is -0.584. The highest BCUT2D eigenvalue weighted by Crippen LogP contribution is 2.49. The molecule has 0 aliphatic carbocycles. The maximum Gasteiger partial charge on any atom is 0.400 e. The first-order valence-electron chi connectivity index (χ1n) is 8.94. The Labute approximate surface area is 175 Å². The van der Waals surface area contributed by atoms with Gasteiger partial charge in [0, 0.05) is 27.7 Å². The second kappa shape index (κ2) is 7.31. The summed E-state index contributed by atoms with van der Waals surface area (Å²) in [4.78, 5) is 4.32. The van der Waals surface area contributed by atoms with Gasteiger partial charge in [-0.25, -0.2) is 0 Å². The van der Waals surface area contributed by atoms with E-state index >= 15 is 0 Å². The monoisotopic (exact) mass is 437 g/mol. The molecule has 150 valence electrons. The molecular weight excluding hydrogens is 422 g/mol. The van der Waals surface area contributed by atoms with Crippen LogP contribution >= 0.6 is 23.2 Å². The lowest BCUT2D eigenvalue weighted by molar-refractivity contribution is -0.183. The predicted octanol–water partition coefficient (Wildman–Crippen LogP) is 6.33. The fraction of sp³-hybridized carbons (Fsp3) is 0.227. The molecule has 1 N–H and O–H groups in total. The number of halogens is 5. The van der Waals surface area contributed by atoms with Gasteiger partial charge in [0.15, 0.2) is 0 Å². The van der Waals surface area contributed by atoms with Gasteiger partial charge in [-0.15, -0.1) is 0 Å². The standard InChI is InChI=1S/C22H16Cl2F3NO/c23-15-7-14(8-16(24)9-15)21(22(25,26)27)10-20(28-12-21)19-6-5-13(11-29)17-3-1-2-4-18(17)19/h1-9,29H,10-12H2. The first-order valence-corrected chi connectivity index (χ1v) is 9.69. The first kappa shape index (κ1) is 20.2. The summed E-state index contributed by atoms with van der Waals surface area (Å²) in [6, 6.07) is 14.8. The molecular formula is C22H16Cl2F3NO. The molecule has 0 aromatic heterocycles. The summed E-state index contributed by atoms with van der Waals surface area (Å²) < 4.78 is 42.9. The van der Waals surface area contributed by atoms with E-state index in [9.17, 15) is 18.3 Å². The topological polar surface area (TPSA) is 32.6 Å². The summed E-state index contributed by atoms with van der Waals surface area (Å²) in [5.74, 6) is 0. The quantitative estimate of drug-likeness (QED) is 0.509. The van der Waals surface area contributed by atoms with Crippen LogP contribution in [0.1, 0.15) is 23.1 Å². The molecule has 0 amide bonds. The number of alkyl halides is 3. The lowest BCUT2D eigenvalue weighted by Gasteiger charge is -2.32. The van der Waals surface area contributed by atoms with Crippen molar-refractivity contribution in [3.63, 3.8) is 0 Å². The number of nitrogens with zero attached hydrogens (tertiary/aromatic N) is 1. The lowest BCUT2D eigenvalue weighted by atomic mass is 9.76. The van der Waals surface area contributed by atoms with Crippen molar-refractivity contribution in [2.24, 2.45) is 4.99 Å². The summed E-state index contributed by atoms with van der Waals surface area (Å²) in [5.41, 5.74) is -0.450. The van der Waals surface area contributed by atoms with Crippen molar-refractivity contribution in [3.8, 4) is 0 Å². The average molecular weight is 438 g/mol. The summed E-state index contributed by atoms with van der Waals surface area (Å²) >= 11 is 12.0. The van der Waals surface area contributed by atoms with Crippen LogP contribution in [0.2, 0.25) is 10.0 Å². The van der Waals surface area contributed by atoms with Crippen LogP contribution in [0.3, 0.4) is 0 Å². The molecule has 2 nitrogen and oxygen atoms in total. The third kappa shape index (κ3) is 3.41. The minimum atomic E-state index is -4.53. The van der Waals surface area contributed by atoms with E-state index in [0.717, 1.165) is 10.8 Å². The highest BCUT2D eigenvalue weighted by atomic mass is 35.5. The maximum atomic E-state index is 14.3. The molecule has 0 radical (unpaired) electrons. The van der Waals surface area contributed by atoms with E-state index < -0.39 is 18.1 Å². The third-order valence-electron chi connectivity index (χ3n) is 5.46. The normalized spacial score (nSPS) is 19.6. The second-order valence-corrected chi connectivity index (χ2v) is 8.03. The van der Waals surface area contributed by atoms with Crippen LogP contribution < -0.4 is 0 Å². The van der Waals surface area contributed by atoms with E-state index in [0.29, 0.717) is 16.8 Å². The maximum absolute atomic E-state index is 14.3. The van der Waals surface area contributed by atoms with Gasteiger partial charge in [-0.2, -0.15) is 13.2 Å². The van der Waals surface area contributed by atoms with Gasteiger partial charge in [-0.3, -0.25) is 4.99 Å². The van der Waals surface area contributed by atoms with Gasteiger partial charge in [0.2, 0.25) is 0 Å². The Hall–Kier alpha value is -2.08. The molecule has 1 atom stereocenters. The summed E-state index contributed by atoms with van der Waals surface area (Å²) in [5, 5.41) is 11.4. The van der Waals surface area contributed by atoms with E-state index in [1.807, 2.05) is 24.3 Å². The zero-order valence-electron chi connectivity index (χ0n) is 15.1. The SMILES string of the molecule is OCc1ccc(C2=NCC(c3cc(Cl)cc(Cl)c3)(C(F)(F)F)C2)c2ccccc12. The molecule has 0 saturated carbocycles. The van der Waals surface area contributed by atoms with Crippen LogP contribution in [0.15, 0.2) is 59.6 Å². The fourth-order valence-corrected chi connectivity index (χ4v) is 4.46. The van der Waals surface area contributed by atoms with Gasteiger partial charge in [0.1, 0.15) is 5.41 Å². The summed E-state index contributed by atoms with van der Waals surface area (Å²) in [7, 11) is 0. The molecule has 1 unspecified atom stereocenters. The van der Waals surface area contributed by atoms with Crippen LogP contribution in [0, 0.1) is 0 Å².